The number of carboxylic acid groups (broad SMARTS) is 1. The molecule has 0 aromatic heterocycles. The molecule has 1 N–H and O–H groups in total. The minimum atomic E-state index is -1.12. The Bertz CT molecular complexity index is 475. The molecule has 2 rings (SSSR count). The molecule has 1 aliphatic carbocycles. The Balaban J connectivity index is 2.69. The average molecular weight is 238 g/mol. The van der Waals surface area contributed by atoms with Gasteiger partial charge in [-0.2, -0.15) is 0 Å². The van der Waals surface area contributed by atoms with Gasteiger partial charge in [0, 0.05) is 11.2 Å². The number of aryl methyl sites for hydroxylation is 1. The molecule has 0 heterocycles. The number of rotatable bonds is 3. The van der Waals surface area contributed by atoms with Crippen LogP contribution in [0.2, 0.25) is 0 Å². The first-order chi connectivity index (χ1) is 7.52. The highest BCUT2D eigenvalue weighted by atomic mass is 32.2. The van der Waals surface area contributed by atoms with Gasteiger partial charge in [0.05, 0.1) is 16.4 Å². The van der Waals surface area contributed by atoms with E-state index in [0.717, 1.165) is 28.9 Å². The summed E-state index contributed by atoms with van der Waals surface area (Å²) in [5.74, 6) is -0.626. The van der Waals surface area contributed by atoms with E-state index in [9.17, 15) is 9.00 Å². The Morgan fingerprint density at radius 2 is 2.06 bits per heavy atom. The summed E-state index contributed by atoms with van der Waals surface area (Å²) in [5.41, 5.74) is 2.04. The van der Waals surface area contributed by atoms with E-state index in [1.54, 1.807) is 18.4 Å². The van der Waals surface area contributed by atoms with Gasteiger partial charge >= 0.3 is 5.97 Å². The van der Waals surface area contributed by atoms with Crippen LogP contribution in [0.3, 0.4) is 0 Å². The van der Waals surface area contributed by atoms with Gasteiger partial charge in [0.15, 0.2) is 0 Å². The van der Waals surface area contributed by atoms with Crippen LogP contribution in [-0.4, -0.2) is 21.5 Å². The summed E-state index contributed by atoms with van der Waals surface area (Å²) in [5, 5.41) is 9.14. The summed E-state index contributed by atoms with van der Waals surface area (Å²) in [7, 11) is -1.12. The zero-order valence-electron chi connectivity index (χ0n) is 9.32. The van der Waals surface area contributed by atoms with E-state index in [-0.39, 0.29) is 0 Å². The molecular weight excluding hydrogens is 224 g/mol. The van der Waals surface area contributed by atoms with Crippen molar-refractivity contribution in [3.05, 3.63) is 28.8 Å². The highest BCUT2D eigenvalue weighted by Crippen LogP contribution is 2.45. The lowest BCUT2D eigenvalue weighted by molar-refractivity contribution is 0.0695. The van der Waals surface area contributed by atoms with Gasteiger partial charge in [-0.3, -0.25) is 4.21 Å². The van der Waals surface area contributed by atoms with Crippen LogP contribution in [0.15, 0.2) is 17.0 Å². The standard InChI is InChI=1S/C12H14O3S/c1-7-3-6-9(12(13)14)10(8-4-5-8)11(7)16(2)15/h3,6,8H,4-5H2,1-2H3,(H,13,14)/t16-/m1/s1. The molecule has 0 radical (unpaired) electrons. The number of hydrogen-bond donors (Lipinski definition) is 1. The molecule has 1 atom stereocenters. The first-order valence-electron chi connectivity index (χ1n) is 5.22. The molecule has 1 aromatic rings. The molecule has 0 spiro atoms. The van der Waals surface area contributed by atoms with Gasteiger partial charge in [0.25, 0.3) is 0 Å². The summed E-state index contributed by atoms with van der Waals surface area (Å²) in [6, 6.07) is 3.37. The summed E-state index contributed by atoms with van der Waals surface area (Å²) in [6.45, 7) is 1.88. The van der Waals surface area contributed by atoms with Crippen molar-refractivity contribution >= 4 is 16.8 Å². The third kappa shape index (κ3) is 1.89. The summed E-state index contributed by atoms with van der Waals surface area (Å²) in [6.07, 6.45) is 3.63. The highest BCUT2D eigenvalue weighted by molar-refractivity contribution is 7.84. The Kier molecular flexibility index (Phi) is 2.84. The molecule has 0 aliphatic heterocycles. The minimum absolute atomic E-state index is 0.296. The van der Waals surface area contributed by atoms with Crippen LogP contribution in [0, 0.1) is 6.92 Å². The number of aromatic carboxylic acids is 1. The monoisotopic (exact) mass is 238 g/mol. The van der Waals surface area contributed by atoms with Crippen LogP contribution in [0.25, 0.3) is 0 Å². The SMILES string of the molecule is Cc1ccc(C(=O)O)c(C2CC2)c1[S@@](C)=O. The van der Waals surface area contributed by atoms with Crippen LogP contribution < -0.4 is 0 Å². The zero-order chi connectivity index (χ0) is 11.9. The van der Waals surface area contributed by atoms with Crippen LogP contribution >= 0.6 is 0 Å². The summed E-state index contributed by atoms with van der Waals surface area (Å²) in [4.78, 5) is 11.9. The van der Waals surface area contributed by atoms with Crippen molar-refractivity contribution in [3.8, 4) is 0 Å². The normalized spacial score (nSPS) is 17.1. The first-order valence-corrected chi connectivity index (χ1v) is 6.78. The van der Waals surface area contributed by atoms with Crippen molar-refractivity contribution in [2.45, 2.75) is 30.6 Å². The molecule has 0 bridgehead atoms. The molecule has 0 unspecified atom stereocenters. The van der Waals surface area contributed by atoms with E-state index in [0.29, 0.717) is 11.5 Å². The molecular formula is C12H14O3S. The molecule has 3 nitrogen and oxygen atoms in total. The third-order valence-electron chi connectivity index (χ3n) is 2.90. The van der Waals surface area contributed by atoms with Crippen molar-refractivity contribution in [3.63, 3.8) is 0 Å². The molecule has 4 heteroatoms. The fourth-order valence-corrected chi connectivity index (χ4v) is 3.16. The second-order valence-electron chi connectivity index (χ2n) is 4.21. The third-order valence-corrected chi connectivity index (χ3v) is 4.01. The second kappa shape index (κ2) is 4.01. The number of carboxylic acids is 1. The van der Waals surface area contributed by atoms with E-state index >= 15 is 0 Å². The van der Waals surface area contributed by atoms with E-state index in [1.165, 1.54) is 0 Å². The maximum Gasteiger partial charge on any atom is 0.336 e. The predicted molar refractivity (Wildman–Crippen MR) is 62.4 cm³/mol. The quantitative estimate of drug-likeness (QED) is 0.879. The fourth-order valence-electron chi connectivity index (χ4n) is 2.05. The molecule has 86 valence electrons. The summed E-state index contributed by atoms with van der Waals surface area (Å²) < 4.78 is 11.7. The van der Waals surface area contributed by atoms with E-state index in [1.807, 2.05) is 6.92 Å². The smallest absolute Gasteiger partial charge is 0.336 e. The van der Waals surface area contributed by atoms with Gasteiger partial charge in [-0.15, -0.1) is 0 Å². The van der Waals surface area contributed by atoms with Crippen molar-refractivity contribution in [1.29, 1.82) is 0 Å². The maximum absolute atomic E-state index is 11.7. The maximum atomic E-state index is 11.7. The topological polar surface area (TPSA) is 54.4 Å². The molecule has 1 aliphatic rings. The number of carbonyl (C=O) groups is 1. The van der Waals surface area contributed by atoms with Crippen LogP contribution in [0.1, 0.15) is 40.2 Å². The van der Waals surface area contributed by atoms with E-state index < -0.39 is 16.8 Å². The van der Waals surface area contributed by atoms with Crippen molar-refractivity contribution in [1.82, 2.24) is 0 Å². The number of benzene rings is 1. The molecule has 16 heavy (non-hydrogen) atoms. The van der Waals surface area contributed by atoms with E-state index in [2.05, 4.69) is 0 Å². The van der Waals surface area contributed by atoms with Crippen molar-refractivity contribution < 1.29 is 14.1 Å². The Labute approximate surface area is 96.9 Å². The molecule has 0 saturated heterocycles. The number of hydrogen-bond acceptors (Lipinski definition) is 2. The van der Waals surface area contributed by atoms with Crippen molar-refractivity contribution in [2.75, 3.05) is 6.26 Å². The van der Waals surface area contributed by atoms with Gasteiger partial charge in [-0.25, -0.2) is 4.79 Å². The lowest BCUT2D eigenvalue weighted by Gasteiger charge is -2.12. The lowest BCUT2D eigenvalue weighted by atomic mass is 10.0. The Morgan fingerprint density at radius 3 is 2.50 bits per heavy atom. The first kappa shape index (κ1) is 11.3. The largest absolute Gasteiger partial charge is 0.478 e. The van der Waals surface area contributed by atoms with Crippen LogP contribution in [0.4, 0.5) is 0 Å². The minimum Gasteiger partial charge on any atom is -0.478 e. The molecule has 1 aromatic carbocycles. The van der Waals surface area contributed by atoms with Gasteiger partial charge in [-0.1, -0.05) is 6.07 Å². The van der Waals surface area contributed by atoms with Crippen molar-refractivity contribution in [2.24, 2.45) is 0 Å². The fraction of sp³-hybridized carbons (Fsp3) is 0.417. The van der Waals surface area contributed by atoms with E-state index in [4.69, 9.17) is 5.11 Å². The van der Waals surface area contributed by atoms with Gasteiger partial charge in [0.2, 0.25) is 0 Å². The molecule has 0 amide bonds. The second-order valence-corrected chi connectivity index (χ2v) is 5.52. The van der Waals surface area contributed by atoms with Crippen LogP contribution in [-0.2, 0) is 10.8 Å². The zero-order valence-corrected chi connectivity index (χ0v) is 10.1. The molecule has 1 saturated carbocycles. The van der Waals surface area contributed by atoms with Gasteiger partial charge in [0.1, 0.15) is 0 Å². The highest BCUT2D eigenvalue weighted by Gasteiger charge is 2.32. The summed E-state index contributed by atoms with van der Waals surface area (Å²) >= 11 is 0. The van der Waals surface area contributed by atoms with Gasteiger partial charge in [-0.05, 0) is 42.9 Å². The Morgan fingerprint density at radius 1 is 1.44 bits per heavy atom. The predicted octanol–water partition coefficient (Wildman–Crippen LogP) is 2.31. The Hall–Kier alpha value is -1.16. The molecule has 1 fully saturated rings. The van der Waals surface area contributed by atoms with Gasteiger partial charge < -0.3 is 5.11 Å². The lowest BCUT2D eigenvalue weighted by Crippen LogP contribution is -2.07. The van der Waals surface area contributed by atoms with Crippen LogP contribution in [0.5, 0.6) is 0 Å². The average Bonchev–Trinajstić information content (AvgIpc) is 2.98.